The molecule has 0 saturated heterocycles. The van der Waals surface area contributed by atoms with Gasteiger partial charge in [-0.15, -0.1) is 16.4 Å². The van der Waals surface area contributed by atoms with E-state index in [0.717, 1.165) is 36.9 Å². The van der Waals surface area contributed by atoms with Crippen molar-refractivity contribution in [3.8, 4) is 0 Å². The summed E-state index contributed by atoms with van der Waals surface area (Å²) in [6.45, 7) is 4.19. The largest absolute Gasteiger partial charge is 0.307 e. The van der Waals surface area contributed by atoms with Crippen LogP contribution in [0.3, 0.4) is 0 Å². The van der Waals surface area contributed by atoms with Crippen molar-refractivity contribution >= 4 is 33.1 Å². The maximum absolute atomic E-state index is 13.1. The van der Waals surface area contributed by atoms with Crippen LogP contribution in [0.15, 0.2) is 29.1 Å². The van der Waals surface area contributed by atoms with Gasteiger partial charge in [0.2, 0.25) is 5.91 Å². The maximum Gasteiger partial charge on any atom is 0.279 e. The summed E-state index contributed by atoms with van der Waals surface area (Å²) < 4.78 is 1.24. The second-order valence-corrected chi connectivity index (χ2v) is 9.11. The van der Waals surface area contributed by atoms with E-state index < -0.39 is 0 Å². The lowest BCUT2D eigenvalue weighted by Gasteiger charge is -2.22. The molecule has 3 heterocycles. The van der Waals surface area contributed by atoms with E-state index in [2.05, 4.69) is 23.3 Å². The number of para-hydroxylation sites is 1. The summed E-state index contributed by atoms with van der Waals surface area (Å²) in [6.07, 6.45) is 3.82. The molecule has 3 aromatic rings. The molecule has 1 aromatic carbocycles. The molecule has 0 bridgehead atoms. The molecule has 0 spiro atoms. The molecule has 144 valence electrons. The molecule has 2 atom stereocenters. The molecule has 7 heteroatoms. The zero-order valence-electron chi connectivity index (χ0n) is 16.0. The minimum absolute atomic E-state index is 0.0766. The Bertz CT molecular complexity index is 1150. The molecular weight excluding hydrogens is 372 g/mol. The van der Waals surface area contributed by atoms with Gasteiger partial charge in [0.15, 0.2) is 4.83 Å². The average molecular weight is 395 g/mol. The van der Waals surface area contributed by atoms with Crippen molar-refractivity contribution in [2.45, 2.75) is 52.1 Å². The molecule has 5 rings (SSSR count). The lowest BCUT2D eigenvalue weighted by Crippen LogP contribution is -2.40. The molecule has 1 aliphatic carbocycles. The Kier molecular flexibility index (Phi) is 4.08. The van der Waals surface area contributed by atoms with Gasteiger partial charge in [-0.2, -0.15) is 0 Å². The molecule has 1 aliphatic heterocycles. The van der Waals surface area contributed by atoms with E-state index in [9.17, 15) is 9.59 Å². The summed E-state index contributed by atoms with van der Waals surface area (Å²) in [7, 11) is 0. The van der Waals surface area contributed by atoms with E-state index in [1.807, 2.05) is 25.1 Å². The maximum atomic E-state index is 13.1. The Morgan fingerprint density at radius 1 is 1.25 bits per heavy atom. The van der Waals surface area contributed by atoms with Crippen LogP contribution in [0.1, 0.15) is 36.3 Å². The molecule has 28 heavy (non-hydrogen) atoms. The molecule has 6 nitrogen and oxygen atoms in total. The lowest BCUT2D eigenvalue weighted by atomic mass is 9.89. The van der Waals surface area contributed by atoms with Crippen molar-refractivity contribution in [3.63, 3.8) is 0 Å². The van der Waals surface area contributed by atoms with Gasteiger partial charge >= 0.3 is 0 Å². The number of hydrogen-bond acceptors (Lipinski definition) is 5. The number of carbonyl (C=O) groups excluding carboxylic acids is 1. The Morgan fingerprint density at radius 3 is 2.93 bits per heavy atom. The van der Waals surface area contributed by atoms with Crippen LogP contribution in [0.2, 0.25) is 0 Å². The van der Waals surface area contributed by atoms with Gasteiger partial charge in [-0.3, -0.25) is 9.59 Å². The average Bonchev–Trinajstić information content (AvgIpc) is 3.20. The van der Waals surface area contributed by atoms with E-state index in [-0.39, 0.29) is 24.1 Å². The first-order valence-corrected chi connectivity index (χ1v) is 10.6. The monoisotopic (exact) mass is 394 g/mol. The van der Waals surface area contributed by atoms with Gasteiger partial charge in [0.25, 0.3) is 5.56 Å². The fourth-order valence-electron chi connectivity index (χ4n) is 4.54. The predicted molar refractivity (Wildman–Crippen MR) is 110 cm³/mol. The van der Waals surface area contributed by atoms with Crippen molar-refractivity contribution in [2.24, 2.45) is 5.92 Å². The third-order valence-electron chi connectivity index (χ3n) is 5.95. The number of thiophene rings is 1. The second-order valence-electron chi connectivity index (χ2n) is 8.03. The number of rotatable bonds is 2. The second kappa shape index (κ2) is 6.51. The lowest BCUT2D eigenvalue weighted by molar-refractivity contribution is -0.119. The van der Waals surface area contributed by atoms with Crippen molar-refractivity contribution in [3.05, 3.63) is 50.6 Å². The van der Waals surface area contributed by atoms with Crippen LogP contribution < -0.4 is 10.5 Å². The number of aryl methyl sites for hydroxylation is 1. The van der Waals surface area contributed by atoms with Crippen LogP contribution in [0.4, 0.5) is 5.69 Å². The van der Waals surface area contributed by atoms with Crippen LogP contribution in [0, 0.1) is 5.92 Å². The van der Waals surface area contributed by atoms with Crippen LogP contribution in [-0.4, -0.2) is 26.9 Å². The quantitative estimate of drug-likeness (QED) is 0.670. The first kappa shape index (κ1) is 17.6. The smallest absolute Gasteiger partial charge is 0.279 e. The number of carbonyl (C=O) groups is 1. The Hall–Kier alpha value is -2.54. The van der Waals surface area contributed by atoms with Crippen molar-refractivity contribution in [2.75, 3.05) is 4.90 Å². The summed E-state index contributed by atoms with van der Waals surface area (Å²) in [5.74, 6) is 0.514. The zero-order valence-corrected chi connectivity index (χ0v) is 16.8. The number of nitrogens with zero attached hydrogens (tertiary/aromatic N) is 4. The van der Waals surface area contributed by atoms with Crippen molar-refractivity contribution in [1.29, 1.82) is 0 Å². The SMILES string of the molecule is C[C@H]1CCc2c(sc3nnn(CC(=O)N4c5ccccc5C[C@H]4C)c(=O)c23)C1. The minimum atomic E-state index is -0.189. The number of benzene rings is 1. The summed E-state index contributed by atoms with van der Waals surface area (Å²) in [4.78, 5) is 29.9. The standard InChI is InChI=1S/C21H22N4O2S/c1-12-7-8-15-17(9-12)28-20-19(15)21(27)24(23-22-20)11-18(26)25-13(2)10-14-5-3-4-6-16(14)25/h3-6,12-13H,7-11H2,1-2H3/t12-,13+/m0/s1. The van der Waals surface area contributed by atoms with Crippen LogP contribution in [0.5, 0.6) is 0 Å². The van der Waals surface area contributed by atoms with E-state index in [1.165, 1.54) is 15.1 Å². The molecule has 0 N–H and O–H groups in total. The number of anilines is 1. The molecule has 0 fully saturated rings. The number of fused-ring (bicyclic) bond motifs is 4. The van der Waals surface area contributed by atoms with Gasteiger partial charge in [-0.25, -0.2) is 4.68 Å². The van der Waals surface area contributed by atoms with Gasteiger partial charge in [0.1, 0.15) is 6.54 Å². The summed E-state index contributed by atoms with van der Waals surface area (Å²) in [5.41, 5.74) is 3.03. The topological polar surface area (TPSA) is 68.1 Å². The third kappa shape index (κ3) is 2.68. The first-order chi connectivity index (χ1) is 13.5. The summed E-state index contributed by atoms with van der Waals surface area (Å²) in [5, 5.41) is 9.03. The molecule has 2 aromatic heterocycles. The Morgan fingerprint density at radius 2 is 2.07 bits per heavy atom. The van der Waals surface area contributed by atoms with E-state index in [1.54, 1.807) is 16.2 Å². The highest BCUT2D eigenvalue weighted by Crippen LogP contribution is 2.35. The molecular formula is C21H22N4O2S. The highest BCUT2D eigenvalue weighted by molar-refractivity contribution is 7.18. The van der Waals surface area contributed by atoms with E-state index in [0.29, 0.717) is 16.1 Å². The first-order valence-electron chi connectivity index (χ1n) is 9.81. The fraction of sp³-hybridized carbons (Fsp3) is 0.429. The summed E-state index contributed by atoms with van der Waals surface area (Å²) in [6, 6.07) is 8.02. The normalized spacial score (nSPS) is 21.0. The Balaban J connectivity index is 1.50. The van der Waals surface area contributed by atoms with Crippen molar-refractivity contribution in [1.82, 2.24) is 15.0 Å². The van der Waals surface area contributed by atoms with E-state index in [4.69, 9.17) is 0 Å². The highest BCUT2D eigenvalue weighted by atomic mass is 32.1. The fourth-order valence-corrected chi connectivity index (χ4v) is 5.86. The molecule has 0 saturated carbocycles. The molecule has 1 amide bonds. The molecule has 2 aliphatic rings. The molecule has 0 radical (unpaired) electrons. The van der Waals surface area contributed by atoms with Crippen LogP contribution >= 0.6 is 11.3 Å². The number of hydrogen-bond donors (Lipinski definition) is 0. The van der Waals surface area contributed by atoms with Gasteiger partial charge in [0, 0.05) is 16.6 Å². The van der Waals surface area contributed by atoms with Gasteiger partial charge in [-0.1, -0.05) is 30.3 Å². The van der Waals surface area contributed by atoms with Gasteiger partial charge in [0.05, 0.1) is 5.39 Å². The molecule has 0 unspecified atom stereocenters. The predicted octanol–water partition coefficient (Wildman–Crippen LogP) is 2.96. The zero-order chi connectivity index (χ0) is 19.4. The van der Waals surface area contributed by atoms with Gasteiger partial charge < -0.3 is 4.90 Å². The van der Waals surface area contributed by atoms with Crippen LogP contribution in [-0.2, 0) is 30.6 Å². The highest BCUT2D eigenvalue weighted by Gasteiger charge is 2.31. The third-order valence-corrected chi connectivity index (χ3v) is 7.08. The number of aromatic nitrogens is 3. The van der Waals surface area contributed by atoms with Gasteiger partial charge in [-0.05, 0) is 55.7 Å². The van der Waals surface area contributed by atoms with Crippen LogP contribution in [0.25, 0.3) is 10.2 Å². The Labute approximate surface area is 166 Å². The van der Waals surface area contributed by atoms with Crippen molar-refractivity contribution < 1.29 is 4.79 Å². The minimum Gasteiger partial charge on any atom is -0.307 e. The summed E-state index contributed by atoms with van der Waals surface area (Å²) >= 11 is 1.58. The number of amides is 1. The van der Waals surface area contributed by atoms with E-state index >= 15 is 0 Å².